The van der Waals surface area contributed by atoms with Crippen molar-refractivity contribution in [3.05, 3.63) is 46.9 Å². The molecule has 1 aliphatic carbocycles. The number of fused-ring (bicyclic) bond motifs is 2. The Balaban J connectivity index is 1.67. The molecule has 3 N–H and O–H groups in total. The van der Waals surface area contributed by atoms with Crippen LogP contribution in [0, 0.1) is 12.3 Å². The zero-order valence-corrected chi connectivity index (χ0v) is 18.7. The third-order valence-corrected chi connectivity index (χ3v) is 6.79. The summed E-state index contributed by atoms with van der Waals surface area (Å²) in [6.45, 7) is 6.17. The number of hydrogen-bond acceptors (Lipinski definition) is 7. The van der Waals surface area contributed by atoms with Crippen LogP contribution in [0.3, 0.4) is 0 Å². The van der Waals surface area contributed by atoms with Gasteiger partial charge in [0.1, 0.15) is 5.76 Å². The highest BCUT2D eigenvalue weighted by atomic mass is 32.2. The van der Waals surface area contributed by atoms with Crippen molar-refractivity contribution in [3.63, 3.8) is 0 Å². The van der Waals surface area contributed by atoms with Gasteiger partial charge in [0.15, 0.2) is 15.2 Å². The monoisotopic (exact) mass is 444 g/mol. The van der Waals surface area contributed by atoms with Crippen LogP contribution in [0.1, 0.15) is 47.7 Å². The van der Waals surface area contributed by atoms with Gasteiger partial charge in [-0.3, -0.25) is 10.2 Å². The second kappa shape index (κ2) is 7.55. The van der Waals surface area contributed by atoms with Gasteiger partial charge in [0, 0.05) is 17.5 Å². The molecule has 0 unspecified atom stereocenters. The number of thiazole rings is 1. The number of thioether (sulfide) groups is 1. The molecule has 4 rings (SSSR count). The molecule has 29 heavy (non-hydrogen) atoms. The second-order valence-electron chi connectivity index (χ2n) is 7.74. The molecule has 3 aromatic rings. The van der Waals surface area contributed by atoms with Gasteiger partial charge in [-0.15, -0.1) is 11.3 Å². The van der Waals surface area contributed by atoms with E-state index >= 15 is 0 Å². The summed E-state index contributed by atoms with van der Waals surface area (Å²) in [6, 6.07) is 7.84. The minimum Gasteiger partial charge on any atom is -0.456 e. The normalized spacial score (nSPS) is 16.7. The van der Waals surface area contributed by atoms with Crippen molar-refractivity contribution in [2.75, 3.05) is 0 Å². The first-order valence-corrected chi connectivity index (χ1v) is 11.1. The molecule has 0 spiro atoms. The highest BCUT2D eigenvalue weighted by Crippen LogP contribution is 2.40. The number of hydrazone groups is 1. The number of thiocarbonyl (C=S) groups is 1. The summed E-state index contributed by atoms with van der Waals surface area (Å²) in [5.74, 6) is 1.12. The van der Waals surface area contributed by atoms with Gasteiger partial charge in [-0.2, -0.15) is 5.10 Å². The van der Waals surface area contributed by atoms with Crippen molar-refractivity contribution in [3.8, 4) is 0 Å². The maximum atomic E-state index is 13.0. The van der Waals surface area contributed by atoms with Gasteiger partial charge in [0.05, 0.1) is 15.9 Å². The molecule has 0 atom stereocenters. The summed E-state index contributed by atoms with van der Waals surface area (Å²) >= 11 is 7.47. The predicted octanol–water partition coefficient (Wildman–Crippen LogP) is 4.64. The summed E-state index contributed by atoms with van der Waals surface area (Å²) in [5.41, 5.74) is 11.5. The van der Waals surface area contributed by atoms with E-state index in [-0.39, 0.29) is 15.6 Å². The highest BCUT2D eigenvalue weighted by Gasteiger charge is 2.36. The van der Waals surface area contributed by atoms with E-state index in [1.807, 2.05) is 31.2 Å². The van der Waals surface area contributed by atoms with E-state index in [2.05, 4.69) is 29.4 Å². The predicted molar refractivity (Wildman–Crippen MR) is 122 cm³/mol. The highest BCUT2D eigenvalue weighted by molar-refractivity contribution is 8.15. The number of aromatic nitrogens is 1. The summed E-state index contributed by atoms with van der Waals surface area (Å²) in [6.07, 6.45) is 1.46. The summed E-state index contributed by atoms with van der Waals surface area (Å²) < 4.78 is 7.81. The fraction of sp³-hybridized carbons (Fsp3) is 0.300. The number of hydrogen-bond donors (Lipinski definition) is 2. The molecule has 0 amide bonds. The number of furan rings is 1. The van der Waals surface area contributed by atoms with Crippen LogP contribution in [0.25, 0.3) is 10.2 Å². The smallest absolute Gasteiger partial charge is 0.261 e. The topological polar surface area (TPSA) is 93.5 Å². The number of carbonyl (C=O) groups is 1. The van der Waals surface area contributed by atoms with Gasteiger partial charge in [-0.05, 0) is 54.9 Å². The third kappa shape index (κ3) is 4.08. The van der Waals surface area contributed by atoms with Crippen LogP contribution in [0.4, 0.5) is 0 Å². The number of nitrogens with two attached hydrogens (primary N) is 1. The van der Waals surface area contributed by atoms with Gasteiger partial charge in [0.25, 0.3) is 5.12 Å². The van der Waals surface area contributed by atoms with E-state index in [1.165, 1.54) is 11.3 Å². The van der Waals surface area contributed by atoms with E-state index in [1.54, 1.807) is 0 Å². The Hall–Kier alpha value is -2.23. The lowest BCUT2D eigenvalue weighted by Crippen LogP contribution is -2.31. The number of nitrogens with one attached hydrogen (secondary N) is 1. The largest absolute Gasteiger partial charge is 0.456 e. The lowest BCUT2D eigenvalue weighted by atomic mass is 9.75. The maximum Gasteiger partial charge on any atom is 0.261 e. The maximum absolute atomic E-state index is 13.0. The molecule has 1 aliphatic rings. The van der Waals surface area contributed by atoms with E-state index in [0.717, 1.165) is 57.4 Å². The van der Waals surface area contributed by atoms with E-state index < -0.39 is 0 Å². The molecule has 0 aliphatic heterocycles. The van der Waals surface area contributed by atoms with E-state index in [0.29, 0.717) is 10.1 Å². The quantitative estimate of drug-likeness (QED) is 0.345. The molecule has 150 valence electrons. The first-order valence-electron chi connectivity index (χ1n) is 9.06. The van der Waals surface area contributed by atoms with Crippen molar-refractivity contribution in [1.29, 1.82) is 0 Å². The number of rotatable bonds is 3. The van der Waals surface area contributed by atoms with Crippen LogP contribution in [0.15, 0.2) is 38.1 Å². The number of nitrogens with zero attached hydrogens (tertiary/aromatic N) is 2. The minimum absolute atomic E-state index is 0.0471. The van der Waals surface area contributed by atoms with Crippen molar-refractivity contribution in [2.24, 2.45) is 16.3 Å². The van der Waals surface area contributed by atoms with Gasteiger partial charge in [-0.25, -0.2) is 4.98 Å². The molecular weight excluding hydrogens is 424 g/mol. The zero-order chi connectivity index (χ0) is 20.8. The molecule has 2 heterocycles. The number of carbonyl (C=O) groups excluding carboxylic acids is 1. The minimum atomic E-state index is -0.157. The van der Waals surface area contributed by atoms with Gasteiger partial charge in [0.2, 0.25) is 0 Å². The molecule has 0 radical (unpaired) electrons. The van der Waals surface area contributed by atoms with Crippen molar-refractivity contribution < 1.29 is 9.21 Å². The number of para-hydroxylation sites is 1. The summed E-state index contributed by atoms with van der Waals surface area (Å²) in [7, 11) is 0. The van der Waals surface area contributed by atoms with Crippen LogP contribution in [0.2, 0.25) is 0 Å². The Morgan fingerprint density at radius 2 is 2.14 bits per heavy atom. The Bertz CT molecular complexity index is 1130. The fourth-order valence-electron chi connectivity index (χ4n) is 3.55. The molecule has 1 aromatic carbocycles. The Morgan fingerprint density at radius 3 is 2.86 bits per heavy atom. The third-order valence-electron chi connectivity index (χ3n) is 4.73. The average Bonchev–Trinajstić information content (AvgIpc) is 3.19. The van der Waals surface area contributed by atoms with Gasteiger partial charge >= 0.3 is 0 Å². The Labute approximate surface area is 182 Å². The van der Waals surface area contributed by atoms with Crippen LogP contribution in [-0.4, -0.2) is 20.9 Å². The molecule has 0 fully saturated rings. The van der Waals surface area contributed by atoms with Crippen LogP contribution in [-0.2, 0) is 6.42 Å². The molecule has 2 aromatic heterocycles. The molecular formula is C20H20N4O2S3. The SMILES string of the molecule is Cc1c(C(=O)Sc2nc3ccccc3s2)oc2c1/C(=N\NC(N)=S)CC(C)(C)C2. The van der Waals surface area contributed by atoms with E-state index in [4.69, 9.17) is 22.4 Å². The van der Waals surface area contributed by atoms with Crippen LogP contribution < -0.4 is 11.2 Å². The Kier molecular flexibility index (Phi) is 5.22. The van der Waals surface area contributed by atoms with Crippen molar-refractivity contribution >= 4 is 61.5 Å². The number of benzene rings is 1. The van der Waals surface area contributed by atoms with Gasteiger partial charge in [-0.1, -0.05) is 26.0 Å². The average molecular weight is 445 g/mol. The Morgan fingerprint density at radius 1 is 1.38 bits per heavy atom. The van der Waals surface area contributed by atoms with Gasteiger partial charge < -0.3 is 10.2 Å². The lowest BCUT2D eigenvalue weighted by molar-refractivity contribution is 0.106. The molecule has 6 nitrogen and oxygen atoms in total. The molecule has 0 bridgehead atoms. The molecule has 9 heteroatoms. The first-order chi connectivity index (χ1) is 13.7. The van der Waals surface area contributed by atoms with E-state index in [9.17, 15) is 4.79 Å². The van der Waals surface area contributed by atoms with Crippen molar-refractivity contribution in [2.45, 2.75) is 38.0 Å². The molecule has 0 saturated carbocycles. The first kappa shape index (κ1) is 20.1. The van der Waals surface area contributed by atoms with Crippen molar-refractivity contribution in [1.82, 2.24) is 10.4 Å². The zero-order valence-electron chi connectivity index (χ0n) is 16.2. The summed E-state index contributed by atoms with van der Waals surface area (Å²) in [4.78, 5) is 17.5. The van der Waals surface area contributed by atoms with Crippen LogP contribution in [0.5, 0.6) is 0 Å². The summed E-state index contributed by atoms with van der Waals surface area (Å²) in [5, 5.41) is 4.32. The molecule has 0 saturated heterocycles. The lowest BCUT2D eigenvalue weighted by Gasteiger charge is -2.29. The van der Waals surface area contributed by atoms with Crippen LogP contribution >= 0.6 is 35.3 Å². The standard InChI is InChI=1S/C20H20N4O2S3/c1-10-15-12(23-24-18(21)27)8-20(2,3)9-13(15)26-16(10)17(25)29-19-22-11-6-4-5-7-14(11)28-19/h4-7H,8-9H2,1-3H3,(H3,21,24,27)/b23-12-. The fourth-order valence-corrected chi connectivity index (χ4v) is 5.54. The second-order valence-corrected chi connectivity index (χ2v) is 10.4.